The van der Waals surface area contributed by atoms with Crippen LogP contribution in [0.2, 0.25) is 0 Å². The third kappa shape index (κ3) is 2.69. The van der Waals surface area contributed by atoms with E-state index in [4.69, 9.17) is 10.5 Å². The molecule has 0 saturated heterocycles. The van der Waals surface area contributed by atoms with Gasteiger partial charge in [0.25, 0.3) is 5.91 Å². The number of amides is 1. The summed E-state index contributed by atoms with van der Waals surface area (Å²) < 4.78 is 6.39. The summed E-state index contributed by atoms with van der Waals surface area (Å²) in [7, 11) is 1.58. The molecule has 0 fully saturated rings. The Morgan fingerprint density at radius 3 is 3.07 bits per heavy atom. The second-order valence-electron chi connectivity index (χ2n) is 3.01. The Kier molecular flexibility index (Phi) is 4.11. The maximum absolute atomic E-state index is 11.7. The molecule has 0 unspecified atom stereocenters. The largest absolute Gasteiger partial charge is 0.396 e. The van der Waals surface area contributed by atoms with E-state index in [1.54, 1.807) is 11.8 Å². The SMILES string of the molecule is CCn1ncc(N)c1C(=O)NCCOC. The molecule has 15 heavy (non-hydrogen) atoms. The van der Waals surface area contributed by atoms with Crippen LogP contribution in [0.15, 0.2) is 6.20 Å². The minimum atomic E-state index is -0.219. The van der Waals surface area contributed by atoms with E-state index in [0.29, 0.717) is 31.1 Å². The first-order chi connectivity index (χ1) is 7.20. The Balaban J connectivity index is 2.67. The number of methoxy groups -OCH3 is 1. The Bertz CT molecular complexity index is 335. The molecule has 1 aromatic rings. The fourth-order valence-corrected chi connectivity index (χ4v) is 1.24. The minimum Gasteiger partial charge on any atom is -0.396 e. The lowest BCUT2D eigenvalue weighted by molar-refractivity contribution is 0.0927. The van der Waals surface area contributed by atoms with Crippen molar-refractivity contribution in [2.75, 3.05) is 26.0 Å². The highest BCUT2D eigenvalue weighted by molar-refractivity contribution is 5.97. The van der Waals surface area contributed by atoms with Crippen LogP contribution in [0.5, 0.6) is 0 Å². The highest BCUT2D eigenvalue weighted by atomic mass is 16.5. The lowest BCUT2D eigenvalue weighted by Crippen LogP contribution is -2.29. The van der Waals surface area contributed by atoms with Gasteiger partial charge in [-0.3, -0.25) is 9.48 Å². The Morgan fingerprint density at radius 2 is 2.47 bits per heavy atom. The van der Waals surface area contributed by atoms with Crippen LogP contribution in [0, 0.1) is 0 Å². The van der Waals surface area contributed by atoms with Crippen molar-refractivity contribution in [1.29, 1.82) is 0 Å². The maximum atomic E-state index is 11.7. The second kappa shape index (κ2) is 5.35. The molecule has 6 heteroatoms. The van der Waals surface area contributed by atoms with Gasteiger partial charge >= 0.3 is 0 Å². The van der Waals surface area contributed by atoms with E-state index in [1.807, 2.05) is 6.92 Å². The normalized spacial score (nSPS) is 10.3. The van der Waals surface area contributed by atoms with Crippen molar-refractivity contribution in [3.8, 4) is 0 Å². The third-order valence-corrected chi connectivity index (χ3v) is 1.97. The minimum absolute atomic E-state index is 0.219. The Morgan fingerprint density at radius 1 is 1.73 bits per heavy atom. The molecule has 0 saturated carbocycles. The number of aromatic nitrogens is 2. The molecule has 1 aromatic heterocycles. The average molecular weight is 212 g/mol. The van der Waals surface area contributed by atoms with E-state index >= 15 is 0 Å². The summed E-state index contributed by atoms with van der Waals surface area (Å²) in [6.07, 6.45) is 1.48. The molecule has 0 spiro atoms. The molecule has 0 atom stereocenters. The summed E-state index contributed by atoms with van der Waals surface area (Å²) in [4.78, 5) is 11.7. The van der Waals surface area contributed by atoms with Crippen LogP contribution < -0.4 is 11.1 Å². The smallest absolute Gasteiger partial charge is 0.271 e. The van der Waals surface area contributed by atoms with Gasteiger partial charge in [-0.1, -0.05) is 0 Å². The zero-order chi connectivity index (χ0) is 11.3. The molecule has 0 aliphatic heterocycles. The highest BCUT2D eigenvalue weighted by Gasteiger charge is 2.14. The summed E-state index contributed by atoms with van der Waals surface area (Å²) in [6, 6.07) is 0. The highest BCUT2D eigenvalue weighted by Crippen LogP contribution is 2.09. The Hall–Kier alpha value is -1.56. The van der Waals surface area contributed by atoms with Crippen LogP contribution in [-0.4, -0.2) is 35.9 Å². The van der Waals surface area contributed by atoms with Gasteiger partial charge in [-0.2, -0.15) is 5.10 Å². The van der Waals surface area contributed by atoms with Gasteiger partial charge in [-0.15, -0.1) is 0 Å². The van der Waals surface area contributed by atoms with E-state index in [0.717, 1.165) is 0 Å². The summed E-state index contributed by atoms with van der Waals surface area (Å²) >= 11 is 0. The number of carbonyl (C=O) groups excluding carboxylic acids is 1. The summed E-state index contributed by atoms with van der Waals surface area (Å²) in [5.41, 5.74) is 6.45. The molecule has 6 nitrogen and oxygen atoms in total. The number of hydrogen-bond donors (Lipinski definition) is 2. The number of anilines is 1. The number of rotatable bonds is 5. The molecule has 0 radical (unpaired) electrons. The predicted molar refractivity (Wildman–Crippen MR) is 56.5 cm³/mol. The van der Waals surface area contributed by atoms with Gasteiger partial charge in [-0.25, -0.2) is 0 Å². The van der Waals surface area contributed by atoms with Gasteiger partial charge in [0.1, 0.15) is 5.69 Å². The van der Waals surface area contributed by atoms with Crippen LogP contribution in [0.1, 0.15) is 17.4 Å². The van der Waals surface area contributed by atoms with Crippen molar-refractivity contribution < 1.29 is 9.53 Å². The first-order valence-corrected chi connectivity index (χ1v) is 4.79. The fraction of sp³-hybridized carbons (Fsp3) is 0.556. The number of nitrogens with zero attached hydrogens (tertiary/aromatic N) is 2. The molecule has 1 rings (SSSR count). The van der Waals surface area contributed by atoms with E-state index in [9.17, 15) is 4.79 Å². The number of carbonyl (C=O) groups is 1. The molecule has 0 bridgehead atoms. The van der Waals surface area contributed by atoms with Crippen LogP contribution in [0.4, 0.5) is 5.69 Å². The van der Waals surface area contributed by atoms with Crippen LogP contribution in [0.3, 0.4) is 0 Å². The van der Waals surface area contributed by atoms with Gasteiger partial charge < -0.3 is 15.8 Å². The zero-order valence-corrected chi connectivity index (χ0v) is 8.99. The Labute approximate surface area is 88.4 Å². The number of ether oxygens (including phenoxy) is 1. The number of nitrogens with two attached hydrogens (primary N) is 1. The third-order valence-electron chi connectivity index (χ3n) is 1.97. The molecule has 0 aromatic carbocycles. The number of hydrogen-bond acceptors (Lipinski definition) is 4. The molecular weight excluding hydrogens is 196 g/mol. The summed E-state index contributed by atoms with van der Waals surface area (Å²) in [5, 5.41) is 6.68. The average Bonchev–Trinajstić information content (AvgIpc) is 2.59. The maximum Gasteiger partial charge on any atom is 0.271 e. The lowest BCUT2D eigenvalue weighted by atomic mass is 10.3. The van der Waals surface area contributed by atoms with Crippen molar-refractivity contribution in [2.45, 2.75) is 13.5 Å². The van der Waals surface area contributed by atoms with Crippen LogP contribution in [0.25, 0.3) is 0 Å². The summed E-state index contributed by atoms with van der Waals surface area (Å²) in [5.74, 6) is -0.219. The topological polar surface area (TPSA) is 82.2 Å². The van der Waals surface area contributed by atoms with Gasteiger partial charge in [0.2, 0.25) is 0 Å². The van der Waals surface area contributed by atoms with Crippen molar-refractivity contribution in [3.05, 3.63) is 11.9 Å². The first-order valence-electron chi connectivity index (χ1n) is 4.79. The molecule has 1 amide bonds. The number of nitrogens with one attached hydrogen (secondary N) is 1. The summed E-state index contributed by atoms with van der Waals surface area (Å²) in [6.45, 7) is 3.46. The van der Waals surface area contributed by atoms with Crippen molar-refractivity contribution in [3.63, 3.8) is 0 Å². The lowest BCUT2D eigenvalue weighted by Gasteiger charge is -2.06. The molecule has 84 valence electrons. The predicted octanol–water partition coefficient (Wildman–Crippen LogP) is -0.139. The molecule has 0 aliphatic rings. The van der Waals surface area contributed by atoms with Gasteiger partial charge in [-0.05, 0) is 6.92 Å². The van der Waals surface area contributed by atoms with Crippen molar-refractivity contribution in [1.82, 2.24) is 15.1 Å². The quantitative estimate of drug-likeness (QED) is 0.666. The van der Waals surface area contributed by atoms with E-state index in [1.165, 1.54) is 6.20 Å². The molecule has 1 heterocycles. The zero-order valence-electron chi connectivity index (χ0n) is 8.99. The van der Waals surface area contributed by atoms with Crippen LogP contribution >= 0.6 is 0 Å². The first kappa shape index (κ1) is 11.5. The molecule has 3 N–H and O–H groups in total. The molecular formula is C9H16N4O2. The van der Waals surface area contributed by atoms with Crippen molar-refractivity contribution in [2.24, 2.45) is 0 Å². The van der Waals surface area contributed by atoms with Gasteiger partial charge in [0, 0.05) is 20.2 Å². The van der Waals surface area contributed by atoms with E-state index < -0.39 is 0 Å². The van der Waals surface area contributed by atoms with Crippen molar-refractivity contribution >= 4 is 11.6 Å². The number of aryl methyl sites for hydroxylation is 1. The van der Waals surface area contributed by atoms with E-state index in [2.05, 4.69) is 10.4 Å². The van der Waals surface area contributed by atoms with Gasteiger partial charge in [0.15, 0.2) is 0 Å². The molecule has 0 aliphatic carbocycles. The fourth-order valence-electron chi connectivity index (χ4n) is 1.24. The standard InChI is InChI=1S/C9H16N4O2/c1-3-13-8(7(10)6-12-13)9(14)11-4-5-15-2/h6H,3-5,10H2,1-2H3,(H,11,14). The van der Waals surface area contributed by atoms with E-state index in [-0.39, 0.29) is 5.91 Å². The van der Waals surface area contributed by atoms with Crippen LogP contribution in [-0.2, 0) is 11.3 Å². The second-order valence-corrected chi connectivity index (χ2v) is 3.01. The monoisotopic (exact) mass is 212 g/mol. The number of nitrogen functional groups attached to an aromatic ring is 1. The van der Waals surface area contributed by atoms with Gasteiger partial charge in [0.05, 0.1) is 18.5 Å².